The number of halogens is 1. The number of carbonyl (C=O) groups excluding carboxylic acids is 4. The van der Waals surface area contributed by atoms with Gasteiger partial charge in [-0.2, -0.15) is 5.10 Å². The fourth-order valence-corrected chi connectivity index (χ4v) is 6.65. The first-order valence-electron chi connectivity index (χ1n) is 17.4. The Labute approximate surface area is 286 Å². The van der Waals surface area contributed by atoms with Crippen LogP contribution in [0.4, 0.5) is 10.1 Å². The van der Waals surface area contributed by atoms with Gasteiger partial charge in [-0.05, 0) is 61.6 Å². The summed E-state index contributed by atoms with van der Waals surface area (Å²) in [6.45, 7) is 7.14. The number of hydrogen-bond acceptors (Lipinski definition) is 7. The molecule has 4 amide bonds. The summed E-state index contributed by atoms with van der Waals surface area (Å²) in [5.74, 6) is -2.12. The highest BCUT2D eigenvalue weighted by Gasteiger charge is 2.33. The van der Waals surface area contributed by atoms with Gasteiger partial charge in [-0.25, -0.2) is 4.39 Å². The van der Waals surface area contributed by atoms with Crippen LogP contribution < -0.4 is 16.0 Å². The maximum absolute atomic E-state index is 15.6. The second-order valence-corrected chi connectivity index (χ2v) is 12.8. The Bertz CT molecular complexity index is 1580. The Hall–Kier alpha value is -4.65. The van der Waals surface area contributed by atoms with E-state index in [1.807, 2.05) is 25.1 Å². The van der Waals surface area contributed by atoms with Crippen LogP contribution in [-0.4, -0.2) is 86.5 Å². The van der Waals surface area contributed by atoms with E-state index in [1.54, 1.807) is 41.0 Å². The second kappa shape index (κ2) is 17.1. The van der Waals surface area contributed by atoms with Crippen molar-refractivity contribution >= 4 is 29.3 Å². The van der Waals surface area contributed by atoms with Crippen LogP contribution in [0, 0.1) is 11.7 Å². The summed E-state index contributed by atoms with van der Waals surface area (Å²) < 4.78 is 17.1. The van der Waals surface area contributed by atoms with E-state index in [0.717, 1.165) is 37.8 Å². The number of nitrogens with one attached hydrogen (secondary N) is 3. The van der Waals surface area contributed by atoms with Gasteiger partial charge < -0.3 is 20.9 Å². The number of rotatable bonds is 13. The van der Waals surface area contributed by atoms with Gasteiger partial charge in [0.15, 0.2) is 0 Å². The molecule has 1 aliphatic carbocycles. The normalized spacial score (nSPS) is 16.8. The summed E-state index contributed by atoms with van der Waals surface area (Å²) in [6, 6.07) is 10.1. The standard InChI is InChI=1S/C36H47FN8O4/c1-3-32(46)40-30(36(49)44-20-18-43(19-21-44)24-27-12-8-9-16-38-27)23-25-13-14-29(28(37)22-25)41-35(48)33(26-10-6-5-7-11-26)42-34(47)31-15-17-39-45(31)4-2/h8-9,12-17,22,26,30,33H,3-7,10-11,18-21,23-24H2,1-2H3,(H,40,46)(H,41,48)(H,42,47)/t30-,33+/m1/s1. The summed E-state index contributed by atoms with van der Waals surface area (Å²) in [6.07, 6.45) is 8.15. The van der Waals surface area contributed by atoms with Gasteiger partial charge in [0.1, 0.15) is 23.6 Å². The molecule has 1 saturated carbocycles. The quantitative estimate of drug-likeness (QED) is 0.252. The van der Waals surface area contributed by atoms with Crippen LogP contribution in [0.15, 0.2) is 54.9 Å². The highest BCUT2D eigenvalue weighted by molar-refractivity contribution is 6.00. The van der Waals surface area contributed by atoms with Crippen molar-refractivity contribution in [3.63, 3.8) is 0 Å². The number of benzene rings is 1. The van der Waals surface area contributed by atoms with Gasteiger partial charge in [0.05, 0.1) is 11.4 Å². The maximum Gasteiger partial charge on any atom is 0.270 e. The van der Waals surface area contributed by atoms with Crippen molar-refractivity contribution in [1.82, 2.24) is 35.2 Å². The van der Waals surface area contributed by atoms with E-state index in [4.69, 9.17) is 0 Å². The molecule has 262 valence electrons. The Kier molecular flexibility index (Phi) is 12.5. The molecule has 0 bridgehead atoms. The van der Waals surface area contributed by atoms with Crippen LogP contribution in [0.3, 0.4) is 0 Å². The van der Waals surface area contributed by atoms with Gasteiger partial charge in [0, 0.05) is 64.5 Å². The molecular weight excluding hydrogens is 627 g/mol. The summed E-state index contributed by atoms with van der Waals surface area (Å²) in [5, 5.41) is 12.6. The molecule has 3 heterocycles. The topological polar surface area (TPSA) is 142 Å². The number of hydrogen-bond donors (Lipinski definition) is 3. The molecule has 0 spiro atoms. The monoisotopic (exact) mass is 674 g/mol. The number of nitrogens with zero attached hydrogens (tertiary/aromatic N) is 5. The van der Waals surface area contributed by atoms with Gasteiger partial charge in [-0.3, -0.25) is 33.7 Å². The van der Waals surface area contributed by atoms with Gasteiger partial charge in [0.25, 0.3) is 5.91 Å². The lowest BCUT2D eigenvalue weighted by molar-refractivity contribution is -0.138. The average molecular weight is 675 g/mol. The van der Waals surface area contributed by atoms with E-state index in [9.17, 15) is 19.2 Å². The lowest BCUT2D eigenvalue weighted by Crippen LogP contribution is -2.55. The van der Waals surface area contributed by atoms with E-state index in [0.29, 0.717) is 50.5 Å². The van der Waals surface area contributed by atoms with Crippen molar-refractivity contribution in [2.75, 3.05) is 31.5 Å². The minimum absolute atomic E-state index is 0.0214. The van der Waals surface area contributed by atoms with Crippen LogP contribution in [0.1, 0.15) is 74.1 Å². The molecule has 0 radical (unpaired) electrons. The number of aromatic nitrogens is 3. The highest BCUT2D eigenvalue weighted by atomic mass is 19.1. The maximum atomic E-state index is 15.6. The predicted octanol–water partition coefficient (Wildman–Crippen LogP) is 3.54. The number of aryl methyl sites for hydroxylation is 1. The molecule has 2 aliphatic rings. The largest absolute Gasteiger partial charge is 0.344 e. The van der Waals surface area contributed by atoms with E-state index in [1.165, 1.54) is 12.1 Å². The summed E-state index contributed by atoms with van der Waals surface area (Å²) in [5.41, 5.74) is 1.81. The molecule has 3 N–H and O–H groups in total. The van der Waals surface area contributed by atoms with Gasteiger partial charge in [-0.15, -0.1) is 0 Å². The third-order valence-electron chi connectivity index (χ3n) is 9.42. The molecule has 5 rings (SSSR count). The van der Waals surface area contributed by atoms with Crippen molar-refractivity contribution in [2.24, 2.45) is 5.92 Å². The molecule has 3 aromatic rings. The summed E-state index contributed by atoms with van der Waals surface area (Å²) in [7, 11) is 0. The Morgan fingerprint density at radius 1 is 0.939 bits per heavy atom. The zero-order valence-electron chi connectivity index (χ0n) is 28.4. The average Bonchev–Trinajstić information content (AvgIpc) is 3.61. The number of anilines is 1. The third-order valence-corrected chi connectivity index (χ3v) is 9.42. The zero-order chi connectivity index (χ0) is 34.8. The van der Waals surface area contributed by atoms with E-state index >= 15 is 4.39 Å². The first-order chi connectivity index (χ1) is 23.7. The van der Waals surface area contributed by atoms with E-state index < -0.39 is 29.7 Å². The smallest absolute Gasteiger partial charge is 0.270 e. The molecule has 1 aromatic carbocycles. The third kappa shape index (κ3) is 9.50. The second-order valence-electron chi connectivity index (χ2n) is 12.8. The number of amides is 4. The fraction of sp³-hybridized carbons (Fsp3) is 0.500. The Morgan fingerprint density at radius 3 is 2.39 bits per heavy atom. The van der Waals surface area contributed by atoms with Gasteiger partial charge in [-0.1, -0.05) is 38.3 Å². The number of pyridine rings is 1. The molecule has 2 aromatic heterocycles. The Balaban J connectivity index is 1.24. The summed E-state index contributed by atoms with van der Waals surface area (Å²) >= 11 is 0. The molecule has 1 saturated heterocycles. The molecule has 2 fully saturated rings. The predicted molar refractivity (Wildman–Crippen MR) is 183 cm³/mol. The molecule has 49 heavy (non-hydrogen) atoms. The SMILES string of the molecule is CCC(=O)N[C@H](Cc1ccc(NC(=O)[C@@H](NC(=O)c2ccnn2CC)C2CCCCC2)c(F)c1)C(=O)N1CCN(Cc2ccccn2)CC1. The number of carbonyl (C=O) groups is 4. The molecule has 13 heteroatoms. The van der Waals surface area contributed by atoms with Crippen molar-refractivity contribution in [1.29, 1.82) is 0 Å². The minimum Gasteiger partial charge on any atom is -0.344 e. The lowest BCUT2D eigenvalue weighted by atomic mass is 9.83. The van der Waals surface area contributed by atoms with Gasteiger partial charge in [0.2, 0.25) is 17.7 Å². The lowest BCUT2D eigenvalue weighted by Gasteiger charge is -2.36. The highest BCUT2D eigenvalue weighted by Crippen LogP contribution is 2.28. The van der Waals surface area contributed by atoms with Crippen molar-refractivity contribution in [3.8, 4) is 0 Å². The van der Waals surface area contributed by atoms with Crippen molar-refractivity contribution < 1.29 is 23.6 Å². The first-order valence-corrected chi connectivity index (χ1v) is 17.4. The van der Waals surface area contributed by atoms with Gasteiger partial charge >= 0.3 is 0 Å². The first kappa shape index (κ1) is 35.7. The molecule has 1 aliphatic heterocycles. The summed E-state index contributed by atoms with van der Waals surface area (Å²) in [4.78, 5) is 61.2. The van der Waals surface area contributed by atoms with Crippen LogP contribution >= 0.6 is 0 Å². The molecular formula is C36H47FN8O4. The Morgan fingerprint density at radius 2 is 1.71 bits per heavy atom. The number of piperazine rings is 1. The molecule has 2 atom stereocenters. The van der Waals surface area contributed by atoms with Crippen LogP contribution in [0.2, 0.25) is 0 Å². The van der Waals surface area contributed by atoms with E-state index in [-0.39, 0.29) is 36.3 Å². The zero-order valence-corrected chi connectivity index (χ0v) is 28.4. The van der Waals surface area contributed by atoms with Crippen LogP contribution in [0.5, 0.6) is 0 Å². The van der Waals surface area contributed by atoms with Crippen LogP contribution in [-0.2, 0) is 33.9 Å². The van der Waals surface area contributed by atoms with Crippen LogP contribution in [0.25, 0.3) is 0 Å². The minimum atomic E-state index is -0.864. The molecule has 0 unspecified atom stereocenters. The fourth-order valence-electron chi connectivity index (χ4n) is 6.65. The van der Waals surface area contributed by atoms with Crippen molar-refractivity contribution in [3.05, 3.63) is 77.6 Å². The molecule has 12 nitrogen and oxygen atoms in total. The van der Waals surface area contributed by atoms with E-state index in [2.05, 4.69) is 30.9 Å². The van der Waals surface area contributed by atoms with Crippen molar-refractivity contribution in [2.45, 2.75) is 84.0 Å².